The molecule has 1 aliphatic heterocycles. The van der Waals surface area contributed by atoms with Crippen molar-refractivity contribution < 1.29 is 19.2 Å². The van der Waals surface area contributed by atoms with Crippen LogP contribution in [0.4, 0.5) is 4.79 Å². The molecule has 9 heteroatoms. The van der Waals surface area contributed by atoms with Gasteiger partial charge in [0.1, 0.15) is 0 Å². The summed E-state index contributed by atoms with van der Waals surface area (Å²) in [5.74, 6) is 2.71. The molecule has 0 spiro atoms. The van der Waals surface area contributed by atoms with E-state index in [1.54, 1.807) is 23.9 Å². The zero-order valence-corrected chi connectivity index (χ0v) is 27.7. The first-order chi connectivity index (χ1) is 20.3. The zero-order valence-electron chi connectivity index (χ0n) is 27.7. The van der Waals surface area contributed by atoms with Gasteiger partial charge in [-0.15, -0.1) is 0 Å². The summed E-state index contributed by atoms with van der Waals surface area (Å²) >= 11 is 0. The molecule has 43 heavy (non-hydrogen) atoms. The summed E-state index contributed by atoms with van der Waals surface area (Å²) in [6.45, 7) is 8.70. The van der Waals surface area contributed by atoms with Gasteiger partial charge >= 0.3 is 6.09 Å². The number of rotatable bonds is 8. The van der Waals surface area contributed by atoms with Crippen LogP contribution < -0.4 is 5.32 Å². The summed E-state index contributed by atoms with van der Waals surface area (Å²) in [6.07, 6.45) is 11.8. The minimum Gasteiger partial charge on any atom is -0.347 e. The number of ketones is 1. The average Bonchev–Trinajstić information content (AvgIpc) is 3.57. The van der Waals surface area contributed by atoms with Gasteiger partial charge in [0.25, 0.3) is 0 Å². The first kappa shape index (κ1) is 32.1. The third-order valence-corrected chi connectivity index (χ3v) is 12.2. The molecule has 2 amide bonds. The molecule has 8 atom stereocenters. The Bertz CT molecular complexity index is 1150. The summed E-state index contributed by atoms with van der Waals surface area (Å²) in [5, 5.41) is 7.93. The van der Waals surface area contributed by atoms with Gasteiger partial charge in [-0.1, -0.05) is 24.6 Å². The normalized spacial score (nSPS) is 37.3. The van der Waals surface area contributed by atoms with Crippen LogP contribution in [0.5, 0.6) is 0 Å². The average molecular weight is 598 g/mol. The summed E-state index contributed by atoms with van der Waals surface area (Å²) < 4.78 is 0. The third kappa shape index (κ3) is 6.31. The topological polar surface area (TPSA) is 94.6 Å². The first-order valence-electron chi connectivity index (χ1n) is 16.7. The Morgan fingerprint density at radius 3 is 2.47 bits per heavy atom. The van der Waals surface area contributed by atoms with E-state index in [9.17, 15) is 14.4 Å². The number of hydrogen-bond acceptors (Lipinski definition) is 7. The Morgan fingerprint density at radius 2 is 1.74 bits per heavy atom. The van der Waals surface area contributed by atoms with E-state index < -0.39 is 6.09 Å². The van der Waals surface area contributed by atoms with Crippen LogP contribution in [0.3, 0.4) is 0 Å². The number of nitrogens with zero attached hydrogens (tertiary/aromatic N) is 4. The summed E-state index contributed by atoms with van der Waals surface area (Å²) in [4.78, 5) is 49.1. The van der Waals surface area contributed by atoms with Gasteiger partial charge in [0, 0.05) is 52.1 Å². The maximum absolute atomic E-state index is 13.4. The highest BCUT2D eigenvalue weighted by Gasteiger charge is 2.59. The van der Waals surface area contributed by atoms with Crippen molar-refractivity contribution >= 4 is 23.5 Å². The second kappa shape index (κ2) is 12.6. The molecule has 3 saturated carbocycles. The molecular formula is C34H55N5O4. The Hall–Kier alpha value is -2.26. The predicted octanol–water partition coefficient (Wildman–Crippen LogP) is 4.72. The molecule has 1 heterocycles. The monoisotopic (exact) mass is 597 g/mol. The molecule has 1 N–H and O–H groups in total. The van der Waals surface area contributed by atoms with Crippen LogP contribution in [-0.4, -0.2) is 98.1 Å². The van der Waals surface area contributed by atoms with Crippen LogP contribution >= 0.6 is 0 Å². The van der Waals surface area contributed by atoms with E-state index in [4.69, 9.17) is 4.84 Å². The molecule has 4 fully saturated rings. The largest absolute Gasteiger partial charge is 0.436 e. The maximum Gasteiger partial charge on any atom is 0.436 e. The van der Waals surface area contributed by atoms with Crippen LogP contribution in [-0.2, 0) is 14.4 Å². The van der Waals surface area contributed by atoms with Crippen molar-refractivity contribution in [3.63, 3.8) is 0 Å². The highest BCUT2D eigenvalue weighted by atomic mass is 16.7. The summed E-state index contributed by atoms with van der Waals surface area (Å²) in [7, 11) is 7.54. The number of nitrogens with one attached hydrogen (secondary N) is 1. The highest BCUT2D eigenvalue weighted by Crippen LogP contribution is 2.66. The first-order valence-corrected chi connectivity index (χ1v) is 16.7. The lowest BCUT2D eigenvalue weighted by Crippen LogP contribution is -2.51. The Balaban J connectivity index is 1.23. The van der Waals surface area contributed by atoms with Crippen molar-refractivity contribution in [2.24, 2.45) is 39.7 Å². The molecular weight excluding hydrogens is 542 g/mol. The summed E-state index contributed by atoms with van der Waals surface area (Å²) in [5.41, 5.74) is 2.69. The van der Waals surface area contributed by atoms with Gasteiger partial charge in [-0.2, -0.15) is 0 Å². The van der Waals surface area contributed by atoms with Crippen molar-refractivity contribution in [1.29, 1.82) is 0 Å². The lowest BCUT2D eigenvalue weighted by Gasteiger charge is -2.58. The fourth-order valence-corrected chi connectivity index (χ4v) is 9.79. The Kier molecular flexibility index (Phi) is 9.44. The number of oxime groups is 1. The van der Waals surface area contributed by atoms with Gasteiger partial charge < -0.3 is 20.0 Å². The van der Waals surface area contributed by atoms with Crippen molar-refractivity contribution in [2.75, 3.05) is 47.8 Å². The predicted molar refractivity (Wildman–Crippen MR) is 169 cm³/mol. The van der Waals surface area contributed by atoms with Gasteiger partial charge in [-0.3, -0.25) is 14.4 Å². The molecule has 2 unspecified atom stereocenters. The smallest absolute Gasteiger partial charge is 0.347 e. The van der Waals surface area contributed by atoms with Gasteiger partial charge in [0.05, 0.1) is 11.8 Å². The van der Waals surface area contributed by atoms with Crippen LogP contribution in [0, 0.1) is 34.5 Å². The second-order valence-corrected chi connectivity index (χ2v) is 15.2. The third-order valence-electron chi connectivity index (χ3n) is 12.2. The lowest BCUT2D eigenvalue weighted by atomic mass is 9.46. The maximum atomic E-state index is 13.4. The van der Waals surface area contributed by atoms with E-state index >= 15 is 0 Å². The molecule has 240 valence electrons. The minimum absolute atomic E-state index is 0.0494. The highest BCUT2D eigenvalue weighted by molar-refractivity contribution is 5.91. The molecule has 0 aromatic rings. The number of hydrogen-bond donors (Lipinski definition) is 1. The standard InChI is InChI=1S/C34H55N5O4/c1-22(36-43-32(42)39(19-18-37(4)5)21-24-9-13-30(35-24)31(41)38(6)7)27-11-12-28-26-10-8-23-20-25(40)14-16-33(23,2)29(26)15-17-34(27,28)3/h20,24,26-30,35H,8-19,21H2,1-7H3/b36-22+/t24?,26-,27+,28-,29-,30?,33-,34+/m0/s1. The number of amides is 2. The fraction of sp³-hybridized carbons (Fsp3) is 0.824. The molecule has 0 aromatic heterocycles. The molecule has 5 rings (SSSR count). The van der Waals surface area contributed by atoms with E-state index in [2.05, 4.69) is 29.2 Å². The quantitative estimate of drug-likeness (QED) is 0.247. The fourth-order valence-electron chi connectivity index (χ4n) is 9.79. The van der Waals surface area contributed by atoms with Crippen molar-refractivity contribution in [3.8, 4) is 0 Å². The van der Waals surface area contributed by atoms with Crippen LogP contribution in [0.1, 0.15) is 85.0 Å². The molecule has 4 aliphatic carbocycles. The lowest BCUT2D eigenvalue weighted by molar-refractivity contribution is -0.130. The zero-order chi connectivity index (χ0) is 31.1. The SMILES string of the molecule is C/C(=N\OC(=O)N(CCN(C)C)CC1CCC(C(=O)N(C)C)N1)[C@H]1CC[C@H]2[C@@H]3CCC4=CC(=O)CC[C@]4(C)[C@H]3CC[C@]12C. The number of allylic oxidation sites excluding steroid dienone is 1. The van der Waals surface area contributed by atoms with E-state index in [-0.39, 0.29) is 28.8 Å². The van der Waals surface area contributed by atoms with Gasteiger partial charge in [-0.25, -0.2) is 4.79 Å². The van der Waals surface area contributed by atoms with Crippen LogP contribution in [0.2, 0.25) is 0 Å². The second-order valence-electron chi connectivity index (χ2n) is 15.2. The minimum atomic E-state index is -0.417. The van der Waals surface area contributed by atoms with Crippen molar-refractivity contribution in [2.45, 2.75) is 97.1 Å². The Labute approximate surface area is 258 Å². The molecule has 0 aromatic carbocycles. The molecule has 0 radical (unpaired) electrons. The van der Waals surface area contributed by atoms with Crippen LogP contribution in [0.25, 0.3) is 0 Å². The van der Waals surface area contributed by atoms with E-state index in [0.29, 0.717) is 49.0 Å². The van der Waals surface area contributed by atoms with Crippen molar-refractivity contribution in [3.05, 3.63) is 11.6 Å². The van der Waals surface area contributed by atoms with E-state index in [0.717, 1.165) is 50.8 Å². The van der Waals surface area contributed by atoms with Gasteiger partial charge in [-0.05, 0) is 113 Å². The number of carbonyl (C=O) groups is 3. The van der Waals surface area contributed by atoms with Crippen LogP contribution in [0.15, 0.2) is 16.8 Å². The number of fused-ring (bicyclic) bond motifs is 5. The number of carbonyl (C=O) groups excluding carboxylic acids is 3. The van der Waals surface area contributed by atoms with Crippen molar-refractivity contribution in [1.82, 2.24) is 20.0 Å². The molecule has 0 bridgehead atoms. The van der Waals surface area contributed by atoms with E-state index in [1.807, 2.05) is 27.1 Å². The summed E-state index contributed by atoms with van der Waals surface area (Å²) in [6, 6.07) is -0.151. The number of likely N-dealkylation sites (N-methyl/N-ethyl adjacent to an activating group) is 2. The molecule has 1 saturated heterocycles. The molecule has 9 nitrogen and oxygen atoms in total. The van der Waals surface area contributed by atoms with Gasteiger partial charge in [0.2, 0.25) is 5.91 Å². The van der Waals surface area contributed by atoms with E-state index in [1.165, 1.54) is 24.8 Å². The molecule has 5 aliphatic rings. The Morgan fingerprint density at radius 1 is 0.977 bits per heavy atom. The van der Waals surface area contributed by atoms with Gasteiger partial charge in [0.15, 0.2) is 5.78 Å².